The number of nitrogens with one attached hydrogen (secondary N) is 1. The van der Waals surface area contributed by atoms with Crippen molar-refractivity contribution in [1.29, 1.82) is 0 Å². The number of carbonyl (C=O) groups is 1. The summed E-state index contributed by atoms with van der Waals surface area (Å²) in [5, 5.41) is 17.3. The maximum Gasteiger partial charge on any atom is 0.270 e. The molecule has 0 bridgehead atoms. The molecule has 7 heteroatoms. The highest BCUT2D eigenvalue weighted by Gasteiger charge is 2.36. The Morgan fingerprint density at radius 2 is 2.15 bits per heavy atom. The first kappa shape index (κ1) is 19.4. The van der Waals surface area contributed by atoms with Gasteiger partial charge in [0.1, 0.15) is 5.69 Å². The van der Waals surface area contributed by atoms with Crippen LogP contribution in [0, 0.1) is 11.8 Å². The summed E-state index contributed by atoms with van der Waals surface area (Å²) in [6.07, 6.45) is 3.60. The Morgan fingerprint density at radius 3 is 2.70 bits per heavy atom. The van der Waals surface area contributed by atoms with E-state index in [-0.39, 0.29) is 24.0 Å². The summed E-state index contributed by atoms with van der Waals surface area (Å²) in [4.78, 5) is 17.2. The fourth-order valence-corrected chi connectivity index (χ4v) is 3.54. The van der Waals surface area contributed by atoms with Crippen LogP contribution < -0.4 is 10.1 Å². The zero-order chi connectivity index (χ0) is 19.6. The molecule has 27 heavy (non-hydrogen) atoms. The first-order valence-electron chi connectivity index (χ1n) is 9.39. The molecular formula is C20H28N4O3. The van der Waals surface area contributed by atoms with Gasteiger partial charge in [-0.15, -0.1) is 0 Å². The van der Waals surface area contributed by atoms with E-state index in [1.807, 2.05) is 12.1 Å². The molecule has 0 aliphatic heterocycles. The molecule has 0 saturated heterocycles. The monoisotopic (exact) mass is 372 g/mol. The van der Waals surface area contributed by atoms with Crippen molar-refractivity contribution in [2.45, 2.75) is 45.3 Å². The van der Waals surface area contributed by atoms with E-state index in [0.29, 0.717) is 30.3 Å². The maximum absolute atomic E-state index is 12.9. The third-order valence-corrected chi connectivity index (χ3v) is 5.02. The molecule has 0 aromatic carbocycles. The predicted octanol–water partition coefficient (Wildman–Crippen LogP) is 2.26. The van der Waals surface area contributed by atoms with Crippen LogP contribution in [0.15, 0.2) is 24.4 Å². The van der Waals surface area contributed by atoms with Gasteiger partial charge in [-0.05, 0) is 42.7 Å². The molecule has 1 atom stereocenters. The van der Waals surface area contributed by atoms with Crippen LogP contribution in [-0.4, -0.2) is 39.0 Å². The summed E-state index contributed by atoms with van der Waals surface area (Å²) in [6.45, 7) is 4.26. The molecule has 2 aromatic rings. The van der Waals surface area contributed by atoms with E-state index < -0.39 is 0 Å². The summed E-state index contributed by atoms with van der Waals surface area (Å²) < 4.78 is 6.75. The van der Waals surface area contributed by atoms with Gasteiger partial charge >= 0.3 is 0 Å². The van der Waals surface area contributed by atoms with Gasteiger partial charge < -0.3 is 15.2 Å². The van der Waals surface area contributed by atoms with Gasteiger partial charge in [0.25, 0.3) is 5.91 Å². The van der Waals surface area contributed by atoms with Gasteiger partial charge in [0.15, 0.2) is 0 Å². The number of nitrogens with zero attached hydrogens (tertiary/aromatic N) is 3. The molecule has 3 rings (SSSR count). The average Bonchev–Trinajstić information content (AvgIpc) is 2.97. The second-order valence-electron chi connectivity index (χ2n) is 7.71. The Kier molecular flexibility index (Phi) is 5.79. The van der Waals surface area contributed by atoms with E-state index in [1.165, 1.54) is 0 Å². The minimum absolute atomic E-state index is 0.165. The first-order chi connectivity index (χ1) is 12.9. The quantitative estimate of drug-likeness (QED) is 0.778. The fraction of sp³-hybridized carbons (Fsp3) is 0.550. The number of amides is 1. The number of hydrogen-bond acceptors (Lipinski definition) is 5. The van der Waals surface area contributed by atoms with Gasteiger partial charge in [-0.25, -0.2) is 4.98 Å². The first-order valence-corrected chi connectivity index (χ1v) is 9.39. The lowest BCUT2D eigenvalue weighted by atomic mass is 9.75. The van der Waals surface area contributed by atoms with Crippen molar-refractivity contribution < 1.29 is 14.6 Å². The van der Waals surface area contributed by atoms with Gasteiger partial charge in [0, 0.05) is 19.3 Å². The molecule has 7 nitrogen and oxygen atoms in total. The van der Waals surface area contributed by atoms with Gasteiger partial charge in [0.05, 0.1) is 24.9 Å². The Morgan fingerprint density at radius 1 is 1.41 bits per heavy atom. The standard InChI is InChI=1S/C20H28N4O3/c1-12(2)7-15-10-17(24(3)23-15)20(26)22-19(14-8-16(25)9-14)13-5-6-18(27-4)21-11-13/h5-6,10-12,14,16,19,25H,7-9H2,1-4H3,(H,22,26)/t14?,16?,19-/m1/s1. The normalized spacial score (nSPS) is 20.2. The van der Waals surface area contributed by atoms with Gasteiger partial charge in [-0.1, -0.05) is 19.9 Å². The molecule has 0 unspecified atom stereocenters. The smallest absolute Gasteiger partial charge is 0.270 e. The molecule has 1 amide bonds. The molecule has 1 aliphatic rings. The summed E-state index contributed by atoms with van der Waals surface area (Å²) in [5.41, 5.74) is 2.36. The van der Waals surface area contributed by atoms with Crippen LogP contribution in [0.4, 0.5) is 0 Å². The van der Waals surface area contributed by atoms with E-state index >= 15 is 0 Å². The van der Waals surface area contributed by atoms with Gasteiger partial charge in [-0.2, -0.15) is 5.10 Å². The number of pyridine rings is 1. The largest absolute Gasteiger partial charge is 0.481 e. The number of methoxy groups -OCH3 is 1. The van der Waals surface area contributed by atoms with E-state index in [1.54, 1.807) is 31.1 Å². The molecule has 2 N–H and O–H groups in total. The number of aromatic nitrogens is 3. The van der Waals surface area contributed by atoms with Crippen molar-refractivity contribution in [2.24, 2.45) is 18.9 Å². The summed E-state index contributed by atoms with van der Waals surface area (Å²) in [5.74, 6) is 1.03. The molecule has 2 heterocycles. The van der Waals surface area contributed by atoms with Crippen molar-refractivity contribution in [3.8, 4) is 5.88 Å². The summed E-state index contributed by atoms with van der Waals surface area (Å²) >= 11 is 0. The Bertz CT molecular complexity index is 779. The Hall–Kier alpha value is -2.41. The lowest BCUT2D eigenvalue weighted by Gasteiger charge is -2.38. The Labute approximate surface area is 159 Å². The number of aliphatic hydroxyl groups is 1. The van der Waals surface area contributed by atoms with E-state index in [4.69, 9.17) is 4.74 Å². The second kappa shape index (κ2) is 8.08. The number of carbonyl (C=O) groups excluding carboxylic acids is 1. The third kappa shape index (κ3) is 4.47. The summed E-state index contributed by atoms with van der Waals surface area (Å²) in [7, 11) is 3.36. The van der Waals surface area contributed by atoms with Crippen molar-refractivity contribution in [1.82, 2.24) is 20.1 Å². The minimum atomic E-state index is -0.296. The van der Waals surface area contributed by atoms with Crippen LogP contribution in [0.1, 0.15) is 54.5 Å². The minimum Gasteiger partial charge on any atom is -0.481 e. The highest BCUT2D eigenvalue weighted by molar-refractivity contribution is 5.93. The zero-order valence-corrected chi connectivity index (χ0v) is 16.3. The highest BCUT2D eigenvalue weighted by atomic mass is 16.5. The van der Waals surface area contributed by atoms with Crippen molar-refractivity contribution >= 4 is 5.91 Å². The lowest BCUT2D eigenvalue weighted by Crippen LogP contribution is -2.41. The SMILES string of the molecule is COc1ccc([C@@H](NC(=O)c2cc(CC(C)C)nn2C)C2CC(O)C2)cn1. The molecule has 1 aliphatic carbocycles. The number of aliphatic hydroxyl groups excluding tert-OH is 1. The van der Waals surface area contributed by atoms with Crippen molar-refractivity contribution in [2.75, 3.05) is 7.11 Å². The number of aryl methyl sites for hydroxylation is 1. The number of rotatable bonds is 7. The highest BCUT2D eigenvalue weighted by Crippen LogP contribution is 2.38. The van der Waals surface area contributed by atoms with Crippen LogP contribution in [0.3, 0.4) is 0 Å². The van der Waals surface area contributed by atoms with Crippen LogP contribution in [-0.2, 0) is 13.5 Å². The fourth-order valence-electron chi connectivity index (χ4n) is 3.54. The zero-order valence-electron chi connectivity index (χ0n) is 16.3. The van der Waals surface area contributed by atoms with Gasteiger partial charge in [0.2, 0.25) is 5.88 Å². The molecule has 0 spiro atoms. The molecule has 1 fully saturated rings. The molecular weight excluding hydrogens is 344 g/mol. The van der Waals surface area contributed by atoms with Gasteiger partial charge in [-0.3, -0.25) is 9.48 Å². The number of ether oxygens (including phenoxy) is 1. The average molecular weight is 372 g/mol. The summed E-state index contributed by atoms with van der Waals surface area (Å²) in [6, 6.07) is 5.35. The Balaban J connectivity index is 1.79. The van der Waals surface area contributed by atoms with Crippen LogP contribution >= 0.6 is 0 Å². The van der Waals surface area contributed by atoms with Crippen molar-refractivity contribution in [3.63, 3.8) is 0 Å². The second-order valence-corrected chi connectivity index (χ2v) is 7.71. The third-order valence-electron chi connectivity index (χ3n) is 5.02. The molecule has 1 saturated carbocycles. The van der Waals surface area contributed by atoms with Crippen LogP contribution in [0.5, 0.6) is 5.88 Å². The van der Waals surface area contributed by atoms with Crippen LogP contribution in [0.25, 0.3) is 0 Å². The van der Waals surface area contributed by atoms with E-state index in [0.717, 1.165) is 17.7 Å². The topological polar surface area (TPSA) is 89.3 Å². The lowest BCUT2D eigenvalue weighted by molar-refractivity contribution is 0.0233. The van der Waals surface area contributed by atoms with Crippen LogP contribution in [0.2, 0.25) is 0 Å². The molecule has 2 aromatic heterocycles. The predicted molar refractivity (Wildman–Crippen MR) is 101 cm³/mol. The molecule has 146 valence electrons. The maximum atomic E-state index is 12.9. The molecule has 0 radical (unpaired) electrons. The van der Waals surface area contributed by atoms with E-state index in [2.05, 4.69) is 29.2 Å². The van der Waals surface area contributed by atoms with E-state index in [9.17, 15) is 9.90 Å². The van der Waals surface area contributed by atoms with Crippen molar-refractivity contribution in [3.05, 3.63) is 41.3 Å². The number of hydrogen-bond donors (Lipinski definition) is 2.